The van der Waals surface area contributed by atoms with Crippen LogP contribution in [-0.2, 0) is 6.54 Å². The van der Waals surface area contributed by atoms with Gasteiger partial charge in [-0.3, -0.25) is 4.99 Å². The molecule has 164 valence electrons. The SMILES string of the molecule is C=N/C=C(\NCCNCCC)c1ccc2cc(-c3cnc(CNCCC)[nH]3)ccc2c1. The second-order valence-corrected chi connectivity index (χ2v) is 7.60. The van der Waals surface area contributed by atoms with Gasteiger partial charge >= 0.3 is 0 Å². The predicted molar refractivity (Wildman–Crippen MR) is 132 cm³/mol. The number of imidazole rings is 1. The minimum atomic E-state index is 0.762. The highest BCUT2D eigenvalue weighted by Crippen LogP contribution is 2.26. The van der Waals surface area contributed by atoms with E-state index < -0.39 is 0 Å². The van der Waals surface area contributed by atoms with Crippen LogP contribution in [0.5, 0.6) is 0 Å². The zero-order chi connectivity index (χ0) is 21.9. The van der Waals surface area contributed by atoms with E-state index in [0.29, 0.717) is 0 Å². The Kier molecular flexibility index (Phi) is 8.82. The Morgan fingerprint density at radius 2 is 1.77 bits per heavy atom. The van der Waals surface area contributed by atoms with E-state index in [1.165, 1.54) is 10.8 Å². The molecule has 0 aliphatic carbocycles. The summed E-state index contributed by atoms with van der Waals surface area (Å²) in [6, 6.07) is 13.0. The first-order chi connectivity index (χ1) is 15.2. The molecule has 3 rings (SSSR count). The average Bonchev–Trinajstić information content (AvgIpc) is 3.27. The van der Waals surface area contributed by atoms with Crippen LogP contribution < -0.4 is 16.0 Å². The van der Waals surface area contributed by atoms with Gasteiger partial charge in [-0.05, 0) is 61.1 Å². The van der Waals surface area contributed by atoms with Crippen molar-refractivity contribution < 1.29 is 0 Å². The summed E-state index contributed by atoms with van der Waals surface area (Å²) in [5.74, 6) is 0.963. The van der Waals surface area contributed by atoms with E-state index in [4.69, 9.17) is 0 Å². The molecule has 1 heterocycles. The van der Waals surface area contributed by atoms with Gasteiger partial charge in [0.15, 0.2) is 0 Å². The molecule has 31 heavy (non-hydrogen) atoms. The van der Waals surface area contributed by atoms with Gasteiger partial charge in [0, 0.05) is 24.9 Å². The largest absolute Gasteiger partial charge is 0.382 e. The summed E-state index contributed by atoms with van der Waals surface area (Å²) < 4.78 is 0. The van der Waals surface area contributed by atoms with Crippen molar-refractivity contribution in [2.45, 2.75) is 33.2 Å². The van der Waals surface area contributed by atoms with Gasteiger partial charge in [-0.25, -0.2) is 4.98 Å². The maximum atomic E-state index is 4.49. The van der Waals surface area contributed by atoms with E-state index in [1.807, 2.05) is 6.20 Å². The highest BCUT2D eigenvalue weighted by Gasteiger charge is 2.07. The molecule has 0 aliphatic heterocycles. The van der Waals surface area contributed by atoms with Crippen LogP contribution in [0.1, 0.15) is 38.1 Å². The molecule has 4 N–H and O–H groups in total. The van der Waals surface area contributed by atoms with Crippen LogP contribution in [0, 0.1) is 0 Å². The van der Waals surface area contributed by atoms with Gasteiger partial charge in [0.2, 0.25) is 0 Å². The second-order valence-electron chi connectivity index (χ2n) is 7.60. The molecule has 0 radical (unpaired) electrons. The van der Waals surface area contributed by atoms with Crippen molar-refractivity contribution in [1.82, 2.24) is 25.9 Å². The fourth-order valence-electron chi connectivity index (χ4n) is 3.46. The van der Waals surface area contributed by atoms with E-state index in [9.17, 15) is 0 Å². The average molecular weight is 419 g/mol. The molecule has 0 fully saturated rings. The molecule has 2 aromatic carbocycles. The zero-order valence-corrected chi connectivity index (χ0v) is 18.7. The number of nitrogens with one attached hydrogen (secondary N) is 4. The highest BCUT2D eigenvalue weighted by molar-refractivity contribution is 5.89. The topological polar surface area (TPSA) is 77.1 Å². The van der Waals surface area contributed by atoms with Gasteiger partial charge in [0.05, 0.1) is 24.1 Å². The minimum Gasteiger partial charge on any atom is -0.382 e. The summed E-state index contributed by atoms with van der Waals surface area (Å²) in [4.78, 5) is 11.9. The third-order valence-corrected chi connectivity index (χ3v) is 5.07. The number of benzene rings is 2. The van der Waals surface area contributed by atoms with E-state index in [0.717, 1.165) is 73.9 Å². The Labute approximate surface area is 185 Å². The third kappa shape index (κ3) is 6.51. The van der Waals surface area contributed by atoms with Crippen molar-refractivity contribution in [2.24, 2.45) is 4.99 Å². The summed E-state index contributed by atoms with van der Waals surface area (Å²) in [6.45, 7) is 12.5. The lowest BCUT2D eigenvalue weighted by molar-refractivity contribution is 0.655. The Balaban J connectivity index is 1.73. The van der Waals surface area contributed by atoms with Gasteiger partial charge in [0.25, 0.3) is 0 Å². The first-order valence-corrected chi connectivity index (χ1v) is 11.1. The van der Waals surface area contributed by atoms with Crippen LogP contribution in [0.4, 0.5) is 0 Å². The molecule has 0 amide bonds. The van der Waals surface area contributed by atoms with Gasteiger partial charge in [0.1, 0.15) is 5.82 Å². The molecule has 6 heteroatoms. The number of rotatable bonds is 13. The standard InChI is InChI=1S/C25H34N6/c1-4-10-27-12-13-29-23(16-26-3)21-8-6-20-15-22(9-7-19(20)14-21)24-17-30-25(31-24)18-28-11-5-2/h6-9,14-17,27-29H,3-5,10-13,18H2,1-2H3,(H,30,31)/b23-16-. The Morgan fingerprint density at radius 1 is 1.00 bits per heavy atom. The fraction of sp³-hybridized carbons (Fsp3) is 0.360. The van der Waals surface area contributed by atoms with Crippen molar-refractivity contribution in [3.05, 3.63) is 60.2 Å². The van der Waals surface area contributed by atoms with E-state index in [2.05, 4.69) is 87.9 Å². The van der Waals surface area contributed by atoms with Gasteiger partial charge in [-0.1, -0.05) is 38.1 Å². The first-order valence-electron chi connectivity index (χ1n) is 11.1. The van der Waals surface area contributed by atoms with Crippen LogP contribution in [-0.4, -0.2) is 42.9 Å². The lowest BCUT2D eigenvalue weighted by atomic mass is 10.0. The molecule has 1 aromatic heterocycles. The number of H-pyrrole nitrogens is 1. The number of fused-ring (bicyclic) bond motifs is 1. The molecule has 0 saturated heterocycles. The normalized spacial score (nSPS) is 11.7. The molecule has 0 spiro atoms. The zero-order valence-electron chi connectivity index (χ0n) is 18.7. The Bertz CT molecular complexity index is 1000. The molecule has 0 saturated carbocycles. The Morgan fingerprint density at radius 3 is 2.58 bits per heavy atom. The van der Waals surface area contributed by atoms with Crippen LogP contribution >= 0.6 is 0 Å². The van der Waals surface area contributed by atoms with E-state index in [-0.39, 0.29) is 0 Å². The van der Waals surface area contributed by atoms with Crippen LogP contribution in [0.15, 0.2) is 53.8 Å². The second kappa shape index (κ2) is 12.0. The number of hydrogen-bond donors (Lipinski definition) is 4. The van der Waals surface area contributed by atoms with Crippen LogP contribution in [0.2, 0.25) is 0 Å². The lowest BCUT2D eigenvalue weighted by Gasteiger charge is -2.12. The van der Waals surface area contributed by atoms with E-state index in [1.54, 1.807) is 6.20 Å². The van der Waals surface area contributed by atoms with Crippen molar-refractivity contribution in [2.75, 3.05) is 26.2 Å². The quantitative estimate of drug-likeness (QED) is 0.246. The van der Waals surface area contributed by atoms with Gasteiger partial charge in [-0.2, -0.15) is 0 Å². The molecular formula is C25H34N6. The first kappa shape index (κ1) is 22.7. The number of aromatic nitrogens is 2. The highest BCUT2D eigenvalue weighted by atomic mass is 15.0. The lowest BCUT2D eigenvalue weighted by Crippen LogP contribution is -2.26. The molecule has 0 aliphatic rings. The summed E-state index contributed by atoms with van der Waals surface area (Å²) in [5.41, 5.74) is 4.26. The molecule has 6 nitrogen and oxygen atoms in total. The van der Waals surface area contributed by atoms with Gasteiger partial charge < -0.3 is 20.9 Å². The molecule has 0 atom stereocenters. The monoisotopic (exact) mass is 418 g/mol. The summed E-state index contributed by atoms with van der Waals surface area (Å²) in [6.07, 6.45) is 5.95. The number of hydrogen-bond acceptors (Lipinski definition) is 5. The van der Waals surface area contributed by atoms with Crippen molar-refractivity contribution in [1.29, 1.82) is 0 Å². The van der Waals surface area contributed by atoms with Crippen LogP contribution in [0.3, 0.4) is 0 Å². The smallest absolute Gasteiger partial charge is 0.120 e. The van der Waals surface area contributed by atoms with E-state index >= 15 is 0 Å². The van der Waals surface area contributed by atoms with Crippen molar-refractivity contribution in [3.63, 3.8) is 0 Å². The predicted octanol–water partition coefficient (Wildman–Crippen LogP) is 4.32. The summed E-state index contributed by atoms with van der Waals surface area (Å²) in [5, 5.41) is 12.6. The summed E-state index contributed by atoms with van der Waals surface area (Å²) >= 11 is 0. The fourth-order valence-corrected chi connectivity index (χ4v) is 3.46. The number of aliphatic imine (C=N–C) groups is 1. The number of nitrogens with zero attached hydrogens (tertiary/aromatic N) is 2. The summed E-state index contributed by atoms with van der Waals surface area (Å²) in [7, 11) is 0. The van der Waals surface area contributed by atoms with Gasteiger partial charge in [-0.15, -0.1) is 0 Å². The third-order valence-electron chi connectivity index (χ3n) is 5.07. The maximum Gasteiger partial charge on any atom is 0.120 e. The molecule has 0 unspecified atom stereocenters. The van der Waals surface area contributed by atoms with Crippen LogP contribution in [0.25, 0.3) is 27.7 Å². The molecule has 3 aromatic rings. The van der Waals surface area contributed by atoms with Crippen molar-refractivity contribution >= 4 is 23.2 Å². The molecule has 0 bridgehead atoms. The Hall–Kier alpha value is -2.96. The van der Waals surface area contributed by atoms with Crippen molar-refractivity contribution in [3.8, 4) is 11.3 Å². The maximum absolute atomic E-state index is 4.49. The molecular weight excluding hydrogens is 384 g/mol. The minimum absolute atomic E-state index is 0.762. The number of aromatic amines is 1.